The largest absolute Gasteiger partial charge is 0.457 e. The molecule has 5 rings (SSSR count). The molecule has 1 aliphatic carbocycles. The van der Waals surface area contributed by atoms with Crippen molar-refractivity contribution in [2.75, 3.05) is 11.5 Å². The second-order valence-electron chi connectivity index (χ2n) is 14.8. The molecule has 0 bridgehead atoms. The molecule has 1 unspecified atom stereocenters. The van der Waals surface area contributed by atoms with Crippen molar-refractivity contribution in [1.82, 2.24) is 0 Å². The SMILES string of the molecule is CCCCCCCCCCCCCCCCC1CCCC(c2ccc(Oc3ccc(N)cc3)cc2)(c2ccc(Oc3ccc(N)cc3)cc2)C1. The van der Waals surface area contributed by atoms with E-state index in [1.54, 1.807) is 0 Å². The molecule has 4 nitrogen and oxygen atoms in total. The molecule has 1 aliphatic rings. The fourth-order valence-electron chi connectivity index (χ4n) is 7.98. The predicted molar refractivity (Wildman–Crippen MR) is 212 cm³/mol. The number of anilines is 2. The van der Waals surface area contributed by atoms with Gasteiger partial charge < -0.3 is 20.9 Å². The summed E-state index contributed by atoms with van der Waals surface area (Å²) in [5, 5.41) is 0. The predicted octanol–water partition coefficient (Wildman–Crippen LogP) is 13.8. The van der Waals surface area contributed by atoms with Gasteiger partial charge in [0.15, 0.2) is 0 Å². The van der Waals surface area contributed by atoms with Crippen molar-refractivity contribution in [3.63, 3.8) is 0 Å². The molecule has 0 radical (unpaired) electrons. The number of ether oxygens (including phenoxy) is 2. The maximum atomic E-state index is 6.17. The summed E-state index contributed by atoms with van der Waals surface area (Å²) < 4.78 is 12.3. The van der Waals surface area contributed by atoms with Crippen molar-refractivity contribution in [2.45, 2.75) is 134 Å². The van der Waals surface area contributed by atoms with Crippen LogP contribution in [0.5, 0.6) is 23.0 Å². The number of rotatable bonds is 21. The molecule has 4 heteroatoms. The molecule has 0 saturated heterocycles. The normalized spacial score (nSPS) is 15.5. The summed E-state index contributed by atoms with van der Waals surface area (Å²) in [5.74, 6) is 4.01. The minimum Gasteiger partial charge on any atom is -0.457 e. The molecule has 0 aromatic heterocycles. The highest BCUT2D eigenvalue weighted by molar-refractivity contribution is 5.47. The van der Waals surface area contributed by atoms with E-state index in [1.165, 1.54) is 127 Å². The topological polar surface area (TPSA) is 70.5 Å². The van der Waals surface area contributed by atoms with Crippen molar-refractivity contribution in [3.05, 3.63) is 108 Å². The van der Waals surface area contributed by atoms with Crippen LogP contribution in [0.15, 0.2) is 97.1 Å². The van der Waals surface area contributed by atoms with Gasteiger partial charge in [-0.3, -0.25) is 0 Å². The summed E-state index contributed by atoms with van der Waals surface area (Å²) in [7, 11) is 0. The van der Waals surface area contributed by atoms with E-state index in [1.807, 2.05) is 48.5 Å². The number of benzene rings is 4. The van der Waals surface area contributed by atoms with E-state index in [-0.39, 0.29) is 5.41 Å². The second kappa shape index (κ2) is 20.1. The Bertz CT molecular complexity index is 1410. The molecule has 268 valence electrons. The molecule has 1 fully saturated rings. The fourth-order valence-corrected chi connectivity index (χ4v) is 7.98. The Kier molecular flexibility index (Phi) is 15.0. The highest BCUT2D eigenvalue weighted by Crippen LogP contribution is 2.49. The van der Waals surface area contributed by atoms with Crippen molar-refractivity contribution in [3.8, 4) is 23.0 Å². The first-order valence-electron chi connectivity index (χ1n) is 19.8. The smallest absolute Gasteiger partial charge is 0.127 e. The molecule has 4 aromatic carbocycles. The minimum atomic E-state index is -0.0294. The van der Waals surface area contributed by atoms with Crippen LogP contribution in [0.4, 0.5) is 11.4 Å². The molecule has 50 heavy (non-hydrogen) atoms. The molecular weight excluding hydrogens is 613 g/mol. The first-order valence-corrected chi connectivity index (χ1v) is 19.8. The highest BCUT2D eigenvalue weighted by Gasteiger charge is 2.39. The number of nitrogen functional groups attached to an aromatic ring is 2. The monoisotopic (exact) mass is 674 g/mol. The van der Waals surface area contributed by atoms with Crippen molar-refractivity contribution in [2.24, 2.45) is 5.92 Å². The second-order valence-corrected chi connectivity index (χ2v) is 14.8. The third-order valence-corrected chi connectivity index (χ3v) is 10.9. The Hall–Kier alpha value is -3.92. The van der Waals surface area contributed by atoms with E-state index in [0.717, 1.165) is 46.7 Å². The maximum absolute atomic E-state index is 6.17. The van der Waals surface area contributed by atoms with Gasteiger partial charge >= 0.3 is 0 Å². The number of unbranched alkanes of at least 4 members (excludes halogenated alkanes) is 13. The standard InChI is InChI=1S/C46H62N2O2/c1-2-3-4-5-6-7-8-9-10-11-12-13-14-15-17-37-18-16-35-46(36-37,38-19-27-42(28-20-38)49-44-31-23-40(47)24-32-44)39-21-29-43(30-22-39)50-45-33-25-41(48)26-34-45/h19-34,37H,2-18,35-36,47-48H2,1H3. The van der Waals surface area contributed by atoms with Gasteiger partial charge in [0, 0.05) is 16.8 Å². The molecule has 4 aromatic rings. The third-order valence-electron chi connectivity index (χ3n) is 10.9. The Morgan fingerprint density at radius 1 is 0.500 bits per heavy atom. The quantitative estimate of drug-likeness (QED) is 0.0681. The van der Waals surface area contributed by atoms with Crippen molar-refractivity contribution in [1.29, 1.82) is 0 Å². The number of hydrogen-bond acceptors (Lipinski definition) is 4. The molecule has 4 N–H and O–H groups in total. The van der Waals surface area contributed by atoms with Crippen LogP contribution in [0, 0.1) is 5.92 Å². The van der Waals surface area contributed by atoms with Crippen molar-refractivity contribution < 1.29 is 9.47 Å². The van der Waals surface area contributed by atoms with Crippen LogP contribution < -0.4 is 20.9 Å². The van der Waals surface area contributed by atoms with E-state index >= 15 is 0 Å². The summed E-state index contributed by atoms with van der Waals surface area (Å²) in [4.78, 5) is 0. The Morgan fingerprint density at radius 3 is 1.26 bits per heavy atom. The molecular formula is C46H62N2O2. The van der Waals surface area contributed by atoms with E-state index < -0.39 is 0 Å². The Labute approximate surface area is 303 Å². The summed E-state index contributed by atoms with van der Waals surface area (Å²) in [6, 6.07) is 32.9. The van der Waals surface area contributed by atoms with Crippen LogP contribution in [0.3, 0.4) is 0 Å². The zero-order chi connectivity index (χ0) is 34.9. The van der Waals surface area contributed by atoms with Gasteiger partial charge in [-0.1, -0.05) is 140 Å². The number of hydrogen-bond donors (Lipinski definition) is 2. The highest BCUT2D eigenvalue weighted by atomic mass is 16.5. The van der Waals surface area contributed by atoms with E-state index in [2.05, 4.69) is 55.5 Å². The first-order chi connectivity index (χ1) is 24.5. The van der Waals surface area contributed by atoms with Crippen LogP contribution in [0.2, 0.25) is 0 Å². The fraction of sp³-hybridized carbons (Fsp3) is 0.478. The average molecular weight is 675 g/mol. The van der Waals surface area contributed by atoms with E-state index in [4.69, 9.17) is 20.9 Å². The lowest BCUT2D eigenvalue weighted by Gasteiger charge is -2.42. The number of nitrogens with two attached hydrogens (primary N) is 2. The van der Waals surface area contributed by atoms with Gasteiger partial charge in [-0.05, 0) is 103 Å². The van der Waals surface area contributed by atoms with E-state index in [9.17, 15) is 0 Å². The molecule has 1 saturated carbocycles. The first kappa shape index (κ1) is 37.3. The molecule has 0 spiro atoms. The van der Waals surface area contributed by atoms with Crippen molar-refractivity contribution >= 4 is 11.4 Å². The minimum absolute atomic E-state index is 0.0294. The van der Waals surface area contributed by atoms with Crippen LogP contribution in [-0.2, 0) is 5.41 Å². The molecule has 0 heterocycles. The summed E-state index contributed by atoms with van der Waals surface area (Å²) in [5.41, 5.74) is 16.0. The van der Waals surface area contributed by atoms with Gasteiger partial charge in [-0.2, -0.15) is 0 Å². The van der Waals surface area contributed by atoms with Gasteiger partial charge in [-0.25, -0.2) is 0 Å². The molecule has 0 aliphatic heterocycles. The van der Waals surface area contributed by atoms with Crippen LogP contribution in [-0.4, -0.2) is 0 Å². The van der Waals surface area contributed by atoms with Gasteiger partial charge in [0.2, 0.25) is 0 Å². The average Bonchev–Trinajstić information content (AvgIpc) is 3.14. The van der Waals surface area contributed by atoms with Crippen LogP contribution >= 0.6 is 0 Å². The van der Waals surface area contributed by atoms with Gasteiger partial charge in [0.25, 0.3) is 0 Å². The Balaban J connectivity index is 1.17. The van der Waals surface area contributed by atoms with Crippen LogP contribution in [0.25, 0.3) is 0 Å². The summed E-state index contributed by atoms with van der Waals surface area (Å²) in [6.45, 7) is 2.30. The Morgan fingerprint density at radius 2 is 0.860 bits per heavy atom. The maximum Gasteiger partial charge on any atom is 0.127 e. The lowest BCUT2D eigenvalue weighted by molar-refractivity contribution is 0.240. The third kappa shape index (κ3) is 11.6. The van der Waals surface area contributed by atoms with Gasteiger partial charge in [-0.15, -0.1) is 0 Å². The van der Waals surface area contributed by atoms with E-state index in [0.29, 0.717) is 0 Å². The summed E-state index contributed by atoms with van der Waals surface area (Å²) in [6.07, 6.45) is 26.0. The summed E-state index contributed by atoms with van der Waals surface area (Å²) >= 11 is 0. The van der Waals surface area contributed by atoms with Gasteiger partial charge in [0.1, 0.15) is 23.0 Å². The molecule has 1 atom stereocenters. The lowest BCUT2D eigenvalue weighted by Crippen LogP contribution is -2.34. The van der Waals surface area contributed by atoms with Crippen LogP contribution in [0.1, 0.15) is 140 Å². The van der Waals surface area contributed by atoms with Gasteiger partial charge in [0.05, 0.1) is 0 Å². The zero-order valence-corrected chi connectivity index (χ0v) is 30.7. The lowest BCUT2D eigenvalue weighted by atomic mass is 9.61. The zero-order valence-electron chi connectivity index (χ0n) is 30.7. The molecule has 0 amide bonds.